The molecular formula is C21H24N4O2. The monoisotopic (exact) mass is 364 g/mol. The molecule has 140 valence electrons. The van der Waals surface area contributed by atoms with Crippen LogP contribution < -0.4 is 5.32 Å². The molecule has 1 aliphatic heterocycles. The van der Waals surface area contributed by atoms with Crippen LogP contribution in [0.15, 0.2) is 54.9 Å². The zero-order valence-electron chi connectivity index (χ0n) is 15.5. The van der Waals surface area contributed by atoms with Crippen LogP contribution >= 0.6 is 0 Å². The van der Waals surface area contributed by atoms with E-state index >= 15 is 0 Å². The van der Waals surface area contributed by atoms with Gasteiger partial charge in [-0.15, -0.1) is 0 Å². The van der Waals surface area contributed by atoms with E-state index in [1.165, 1.54) is 0 Å². The van der Waals surface area contributed by atoms with Gasteiger partial charge in [-0.1, -0.05) is 12.1 Å². The van der Waals surface area contributed by atoms with Crippen molar-refractivity contribution in [1.82, 2.24) is 14.5 Å². The number of urea groups is 1. The Morgan fingerprint density at radius 3 is 2.81 bits per heavy atom. The zero-order chi connectivity index (χ0) is 18.6. The van der Waals surface area contributed by atoms with Crippen LogP contribution in [0.4, 0.5) is 10.5 Å². The topological polar surface area (TPSA) is 59.4 Å². The number of hydrogen-bond donors (Lipinski definition) is 1. The van der Waals surface area contributed by atoms with Crippen molar-refractivity contribution in [3.8, 4) is 5.69 Å². The molecule has 1 aromatic heterocycles. The first kappa shape index (κ1) is 17.5. The van der Waals surface area contributed by atoms with E-state index in [1.807, 2.05) is 66.3 Å². The van der Waals surface area contributed by atoms with Crippen molar-refractivity contribution >= 4 is 22.8 Å². The highest BCUT2D eigenvalue weighted by atomic mass is 16.5. The minimum absolute atomic E-state index is 0.0890. The molecule has 0 radical (unpaired) electrons. The fraction of sp³-hybridized carbons (Fsp3) is 0.333. The van der Waals surface area contributed by atoms with Gasteiger partial charge in [0.05, 0.1) is 17.1 Å². The van der Waals surface area contributed by atoms with E-state index in [2.05, 4.69) is 10.3 Å². The predicted octanol–water partition coefficient (Wildman–Crippen LogP) is 4.06. The zero-order valence-corrected chi connectivity index (χ0v) is 15.5. The van der Waals surface area contributed by atoms with Crippen LogP contribution in [0, 0.1) is 0 Å². The molecule has 4 rings (SSSR count). The van der Waals surface area contributed by atoms with Gasteiger partial charge in [0.1, 0.15) is 6.33 Å². The fourth-order valence-electron chi connectivity index (χ4n) is 3.46. The Morgan fingerprint density at radius 2 is 2.07 bits per heavy atom. The van der Waals surface area contributed by atoms with Crippen LogP contribution in [0.1, 0.15) is 19.8 Å². The van der Waals surface area contributed by atoms with Crippen molar-refractivity contribution in [2.45, 2.75) is 25.9 Å². The highest BCUT2D eigenvalue weighted by Crippen LogP contribution is 2.20. The number of carbonyl (C=O) groups excluding carboxylic acids is 1. The van der Waals surface area contributed by atoms with Crippen molar-refractivity contribution in [1.29, 1.82) is 0 Å². The lowest BCUT2D eigenvalue weighted by atomic mass is 10.2. The highest BCUT2D eigenvalue weighted by Gasteiger charge is 2.21. The number of aromatic nitrogens is 2. The second kappa shape index (κ2) is 7.80. The van der Waals surface area contributed by atoms with Crippen LogP contribution in [0.3, 0.4) is 0 Å². The largest absolute Gasteiger partial charge is 0.376 e. The molecule has 2 amide bonds. The number of nitrogens with one attached hydrogen (secondary N) is 1. The molecule has 1 atom stereocenters. The second-order valence-electron chi connectivity index (χ2n) is 6.75. The molecule has 0 aliphatic carbocycles. The van der Waals surface area contributed by atoms with Crippen molar-refractivity contribution in [2.24, 2.45) is 0 Å². The summed E-state index contributed by atoms with van der Waals surface area (Å²) < 4.78 is 7.69. The SMILES string of the molecule is CCN(C[C@@H]1CCCO1)C(=O)Nc1ccc(-n2cnc3ccccc32)cc1. The lowest BCUT2D eigenvalue weighted by Crippen LogP contribution is -2.39. The standard InChI is InChI=1S/C21H24N4O2/c1-2-24(14-18-6-5-13-27-18)21(26)23-16-9-11-17(12-10-16)25-15-22-19-7-3-4-8-20(19)25/h3-4,7-12,15,18H,2,5-6,13-14H2,1H3,(H,23,26)/t18-/m0/s1. The van der Waals surface area contributed by atoms with Crippen LogP contribution in [0.25, 0.3) is 16.7 Å². The molecule has 1 N–H and O–H groups in total. The van der Waals surface area contributed by atoms with Gasteiger partial charge < -0.3 is 15.0 Å². The van der Waals surface area contributed by atoms with E-state index in [4.69, 9.17) is 4.74 Å². The number of fused-ring (bicyclic) bond motifs is 1. The lowest BCUT2D eigenvalue weighted by molar-refractivity contribution is 0.0849. The summed E-state index contributed by atoms with van der Waals surface area (Å²) in [6.45, 7) is 4.09. The van der Waals surface area contributed by atoms with E-state index in [-0.39, 0.29) is 12.1 Å². The first-order valence-corrected chi connectivity index (χ1v) is 9.44. The van der Waals surface area contributed by atoms with Gasteiger partial charge in [0, 0.05) is 31.1 Å². The number of benzene rings is 2. The van der Waals surface area contributed by atoms with Gasteiger partial charge in [0.25, 0.3) is 0 Å². The number of carbonyl (C=O) groups is 1. The normalized spacial score (nSPS) is 16.6. The molecular weight excluding hydrogens is 340 g/mol. The first-order valence-electron chi connectivity index (χ1n) is 9.44. The summed E-state index contributed by atoms with van der Waals surface area (Å²) in [6, 6.07) is 15.7. The van der Waals surface area contributed by atoms with E-state index in [0.29, 0.717) is 13.1 Å². The molecule has 1 saturated heterocycles. The minimum atomic E-state index is -0.0890. The van der Waals surface area contributed by atoms with Gasteiger partial charge in [0.2, 0.25) is 0 Å². The van der Waals surface area contributed by atoms with Crippen molar-refractivity contribution in [3.05, 3.63) is 54.9 Å². The van der Waals surface area contributed by atoms with Crippen molar-refractivity contribution < 1.29 is 9.53 Å². The number of amides is 2. The van der Waals surface area contributed by atoms with Gasteiger partial charge in [-0.05, 0) is 56.2 Å². The van der Waals surface area contributed by atoms with Gasteiger partial charge in [-0.25, -0.2) is 9.78 Å². The molecule has 3 aromatic rings. The molecule has 27 heavy (non-hydrogen) atoms. The molecule has 0 unspecified atom stereocenters. The Balaban J connectivity index is 1.44. The second-order valence-corrected chi connectivity index (χ2v) is 6.75. The van der Waals surface area contributed by atoms with Crippen LogP contribution in [0.5, 0.6) is 0 Å². The number of likely N-dealkylation sites (N-methyl/N-ethyl adjacent to an activating group) is 1. The fourth-order valence-corrected chi connectivity index (χ4v) is 3.46. The van der Waals surface area contributed by atoms with Gasteiger partial charge >= 0.3 is 6.03 Å². The van der Waals surface area contributed by atoms with E-state index in [9.17, 15) is 4.79 Å². The maximum atomic E-state index is 12.6. The van der Waals surface area contributed by atoms with Gasteiger partial charge in [-0.2, -0.15) is 0 Å². The molecule has 0 bridgehead atoms. The smallest absolute Gasteiger partial charge is 0.321 e. The third-order valence-electron chi connectivity index (χ3n) is 4.97. The number of rotatable bonds is 5. The van der Waals surface area contributed by atoms with Crippen molar-refractivity contribution in [3.63, 3.8) is 0 Å². The number of imidazole rings is 1. The van der Waals surface area contributed by atoms with E-state index in [0.717, 1.165) is 41.9 Å². The van der Waals surface area contributed by atoms with Crippen LogP contribution in [-0.2, 0) is 4.74 Å². The number of nitrogens with zero attached hydrogens (tertiary/aromatic N) is 3. The Bertz CT molecular complexity index is 913. The third-order valence-corrected chi connectivity index (χ3v) is 4.97. The molecule has 0 spiro atoms. The van der Waals surface area contributed by atoms with Gasteiger partial charge in [0.15, 0.2) is 0 Å². The van der Waals surface area contributed by atoms with Crippen LogP contribution in [-0.4, -0.2) is 46.3 Å². The summed E-state index contributed by atoms with van der Waals surface area (Å²) in [4.78, 5) is 18.8. The number of para-hydroxylation sites is 2. The molecule has 0 saturated carbocycles. The van der Waals surface area contributed by atoms with E-state index in [1.54, 1.807) is 4.90 Å². The molecule has 2 heterocycles. The summed E-state index contributed by atoms with van der Waals surface area (Å²) in [5.74, 6) is 0. The number of anilines is 1. The molecule has 1 aliphatic rings. The Kier molecular flexibility index (Phi) is 5.07. The summed E-state index contributed by atoms with van der Waals surface area (Å²) in [7, 11) is 0. The summed E-state index contributed by atoms with van der Waals surface area (Å²) >= 11 is 0. The predicted molar refractivity (Wildman–Crippen MR) is 106 cm³/mol. The minimum Gasteiger partial charge on any atom is -0.376 e. The van der Waals surface area contributed by atoms with Crippen molar-refractivity contribution in [2.75, 3.05) is 25.0 Å². The quantitative estimate of drug-likeness (QED) is 0.743. The first-order chi connectivity index (χ1) is 13.2. The summed E-state index contributed by atoms with van der Waals surface area (Å²) in [6.07, 6.45) is 4.08. The Hall–Kier alpha value is -2.86. The average Bonchev–Trinajstić information content (AvgIpc) is 3.36. The molecule has 6 nitrogen and oxygen atoms in total. The number of hydrogen-bond acceptors (Lipinski definition) is 3. The average molecular weight is 364 g/mol. The number of ether oxygens (including phenoxy) is 1. The summed E-state index contributed by atoms with van der Waals surface area (Å²) in [5.41, 5.74) is 3.80. The maximum Gasteiger partial charge on any atom is 0.321 e. The molecule has 6 heteroatoms. The molecule has 1 fully saturated rings. The third kappa shape index (κ3) is 3.80. The summed E-state index contributed by atoms with van der Waals surface area (Å²) in [5, 5.41) is 2.98. The maximum absolute atomic E-state index is 12.6. The van der Waals surface area contributed by atoms with E-state index < -0.39 is 0 Å². The van der Waals surface area contributed by atoms with Gasteiger partial charge in [-0.3, -0.25) is 4.57 Å². The molecule has 2 aromatic carbocycles. The lowest BCUT2D eigenvalue weighted by Gasteiger charge is -2.24. The Morgan fingerprint density at radius 1 is 1.26 bits per heavy atom. The Labute approximate surface area is 158 Å². The van der Waals surface area contributed by atoms with Crippen LogP contribution in [0.2, 0.25) is 0 Å². The highest BCUT2D eigenvalue weighted by molar-refractivity contribution is 5.89.